The zero-order valence-electron chi connectivity index (χ0n) is 10.8. The fourth-order valence-corrected chi connectivity index (χ4v) is 2.12. The van der Waals surface area contributed by atoms with Crippen LogP contribution < -0.4 is 20.3 Å². The Morgan fingerprint density at radius 2 is 2.10 bits per heavy atom. The summed E-state index contributed by atoms with van der Waals surface area (Å²) in [5.74, 6) is 0.829. The molecule has 0 bridgehead atoms. The van der Waals surface area contributed by atoms with E-state index in [1.54, 1.807) is 12.1 Å². The number of aromatic amines is 1. The molecule has 1 aliphatic heterocycles. The fourth-order valence-electron chi connectivity index (χ4n) is 1.95. The Kier molecular flexibility index (Phi) is 3.53. The molecule has 0 radical (unpaired) electrons. The van der Waals surface area contributed by atoms with Crippen LogP contribution in [0.15, 0.2) is 35.3 Å². The van der Waals surface area contributed by atoms with Crippen LogP contribution in [0.4, 0.5) is 0 Å². The number of ether oxygens (including phenoxy) is 2. The van der Waals surface area contributed by atoms with E-state index in [4.69, 9.17) is 21.1 Å². The zero-order chi connectivity index (χ0) is 14.8. The van der Waals surface area contributed by atoms with Crippen molar-refractivity contribution in [2.24, 2.45) is 0 Å². The van der Waals surface area contributed by atoms with Crippen molar-refractivity contribution in [1.82, 2.24) is 10.3 Å². The fraction of sp³-hybridized carbons (Fsp3) is 0.143. The second kappa shape index (κ2) is 5.49. The molecule has 1 aromatic carbocycles. The number of benzene rings is 1. The van der Waals surface area contributed by atoms with Gasteiger partial charge in [-0.15, -0.1) is 0 Å². The summed E-state index contributed by atoms with van der Waals surface area (Å²) in [6, 6.07) is 6.70. The number of amides is 1. The van der Waals surface area contributed by atoms with E-state index in [1.165, 1.54) is 12.3 Å². The van der Waals surface area contributed by atoms with Crippen molar-refractivity contribution in [2.75, 3.05) is 6.79 Å². The van der Waals surface area contributed by atoms with Gasteiger partial charge < -0.3 is 19.8 Å². The van der Waals surface area contributed by atoms with Gasteiger partial charge in [-0.2, -0.15) is 0 Å². The molecule has 0 fully saturated rings. The van der Waals surface area contributed by atoms with Crippen LogP contribution >= 0.6 is 11.6 Å². The maximum Gasteiger partial charge on any atom is 0.260 e. The predicted octanol–water partition coefficient (Wildman–Crippen LogP) is 1.69. The van der Waals surface area contributed by atoms with Crippen LogP contribution in [0.5, 0.6) is 11.5 Å². The summed E-state index contributed by atoms with van der Waals surface area (Å²) in [4.78, 5) is 25.9. The topological polar surface area (TPSA) is 80.4 Å². The number of hydrogen-bond donors (Lipinski definition) is 2. The Labute approximate surface area is 124 Å². The number of H-pyrrole nitrogens is 1. The van der Waals surface area contributed by atoms with Gasteiger partial charge in [0.1, 0.15) is 5.56 Å². The summed E-state index contributed by atoms with van der Waals surface area (Å²) < 4.78 is 10.5. The van der Waals surface area contributed by atoms with E-state index in [1.807, 2.05) is 6.07 Å². The second-order valence-electron chi connectivity index (χ2n) is 4.43. The molecule has 3 rings (SSSR count). The highest BCUT2D eigenvalue weighted by Gasteiger charge is 2.14. The minimum Gasteiger partial charge on any atom is -0.454 e. The molecular weight excluding hydrogens is 296 g/mol. The van der Waals surface area contributed by atoms with E-state index in [0.29, 0.717) is 16.5 Å². The molecule has 0 unspecified atom stereocenters. The largest absolute Gasteiger partial charge is 0.454 e. The SMILES string of the molecule is O=C(NCc1ccc2c(c1)OCO2)c1cc(Cl)c[nH]c1=O. The van der Waals surface area contributed by atoms with Crippen LogP contribution in [0.3, 0.4) is 0 Å². The summed E-state index contributed by atoms with van der Waals surface area (Å²) in [6.07, 6.45) is 1.33. The molecule has 0 atom stereocenters. The molecule has 0 saturated heterocycles. The van der Waals surface area contributed by atoms with Gasteiger partial charge in [0.15, 0.2) is 11.5 Å². The summed E-state index contributed by atoms with van der Waals surface area (Å²) in [5.41, 5.74) is 0.330. The third-order valence-electron chi connectivity index (χ3n) is 3.00. The first-order chi connectivity index (χ1) is 10.1. The third kappa shape index (κ3) is 2.85. The monoisotopic (exact) mass is 306 g/mol. The molecule has 0 spiro atoms. The van der Waals surface area contributed by atoms with Crippen molar-refractivity contribution < 1.29 is 14.3 Å². The summed E-state index contributed by atoms with van der Waals surface area (Å²) >= 11 is 5.76. The number of nitrogens with one attached hydrogen (secondary N) is 2. The number of halogens is 1. The molecule has 1 aliphatic rings. The van der Waals surface area contributed by atoms with Crippen molar-refractivity contribution >= 4 is 17.5 Å². The van der Waals surface area contributed by atoms with Crippen LogP contribution in [0.2, 0.25) is 5.02 Å². The standard InChI is InChI=1S/C14H11ClN2O4/c15-9-4-10(14(19)17-6-9)13(18)16-5-8-1-2-11-12(3-8)21-7-20-11/h1-4,6H,5,7H2,(H,16,18)(H,17,19). The van der Waals surface area contributed by atoms with Gasteiger partial charge in [-0.25, -0.2) is 0 Å². The Hall–Kier alpha value is -2.47. The Morgan fingerprint density at radius 1 is 1.29 bits per heavy atom. The smallest absolute Gasteiger partial charge is 0.260 e. The molecule has 2 heterocycles. The lowest BCUT2D eigenvalue weighted by Crippen LogP contribution is -2.29. The van der Waals surface area contributed by atoms with Gasteiger partial charge in [0.05, 0.1) is 5.02 Å². The summed E-state index contributed by atoms with van der Waals surface area (Å²) in [5, 5.41) is 2.95. The lowest BCUT2D eigenvalue weighted by atomic mass is 10.2. The van der Waals surface area contributed by atoms with Crippen LogP contribution in [0, 0.1) is 0 Å². The van der Waals surface area contributed by atoms with Gasteiger partial charge in [-0.1, -0.05) is 17.7 Å². The van der Waals surface area contributed by atoms with Crippen LogP contribution in [0.1, 0.15) is 15.9 Å². The van der Waals surface area contributed by atoms with Crippen LogP contribution in [-0.4, -0.2) is 17.7 Å². The molecule has 7 heteroatoms. The molecule has 2 N–H and O–H groups in total. The van der Waals surface area contributed by atoms with Gasteiger partial charge >= 0.3 is 0 Å². The van der Waals surface area contributed by atoms with E-state index in [-0.39, 0.29) is 18.9 Å². The number of aromatic nitrogens is 1. The van der Waals surface area contributed by atoms with Crippen molar-refractivity contribution in [3.63, 3.8) is 0 Å². The molecule has 0 aliphatic carbocycles. The van der Waals surface area contributed by atoms with Gasteiger partial charge in [0.25, 0.3) is 11.5 Å². The second-order valence-corrected chi connectivity index (χ2v) is 4.87. The maximum absolute atomic E-state index is 12.0. The number of hydrogen-bond acceptors (Lipinski definition) is 4. The van der Waals surface area contributed by atoms with Crippen molar-refractivity contribution in [3.05, 3.63) is 57.0 Å². The van der Waals surface area contributed by atoms with Crippen molar-refractivity contribution in [3.8, 4) is 11.5 Å². The Morgan fingerprint density at radius 3 is 2.95 bits per heavy atom. The zero-order valence-corrected chi connectivity index (χ0v) is 11.6. The number of rotatable bonds is 3. The van der Waals surface area contributed by atoms with E-state index in [2.05, 4.69) is 10.3 Å². The van der Waals surface area contributed by atoms with Gasteiger partial charge in [-0.3, -0.25) is 9.59 Å². The highest BCUT2D eigenvalue weighted by Crippen LogP contribution is 2.32. The molecule has 2 aromatic rings. The minimum absolute atomic E-state index is 0.0248. The maximum atomic E-state index is 12.0. The highest BCUT2D eigenvalue weighted by atomic mass is 35.5. The third-order valence-corrected chi connectivity index (χ3v) is 3.22. The van der Waals surface area contributed by atoms with Crippen molar-refractivity contribution in [1.29, 1.82) is 0 Å². The average molecular weight is 307 g/mol. The van der Waals surface area contributed by atoms with Crippen molar-refractivity contribution in [2.45, 2.75) is 6.54 Å². The minimum atomic E-state index is -0.489. The number of pyridine rings is 1. The summed E-state index contributed by atoms with van der Waals surface area (Å²) in [7, 11) is 0. The molecule has 1 amide bonds. The number of carbonyl (C=O) groups is 1. The Bertz CT molecular complexity index is 757. The lowest BCUT2D eigenvalue weighted by molar-refractivity contribution is 0.0949. The Balaban J connectivity index is 1.71. The van der Waals surface area contributed by atoms with Gasteiger partial charge in [0.2, 0.25) is 6.79 Å². The molecular formula is C14H11ClN2O4. The molecule has 0 saturated carbocycles. The van der Waals surface area contributed by atoms with E-state index in [9.17, 15) is 9.59 Å². The van der Waals surface area contributed by atoms with E-state index < -0.39 is 11.5 Å². The van der Waals surface area contributed by atoms with Crippen LogP contribution in [-0.2, 0) is 6.54 Å². The first-order valence-corrected chi connectivity index (χ1v) is 6.56. The normalized spacial score (nSPS) is 12.2. The van der Waals surface area contributed by atoms with Crippen LogP contribution in [0.25, 0.3) is 0 Å². The number of carbonyl (C=O) groups excluding carboxylic acids is 1. The first kappa shape index (κ1) is 13.5. The van der Waals surface area contributed by atoms with E-state index >= 15 is 0 Å². The molecule has 1 aromatic heterocycles. The quantitative estimate of drug-likeness (QED) is 0.904. The highest BCUT2D eigenvalue weighted by molar-refractivity contribution is 6.30. The van der Waals surface area contributed by atoms with Gasteiger partial charge in [0, 0.05) is 12.7 Å². The molecule has 21 heavy (non-hydrogen) atoms. The van der Waals surface area contributed by atoms with E-state index in [0.717, 1.165) is 5.56 Å². The van der Waals surface area contributed by atoms with Gasteiger partial charge in [-0.05, 0) is 23.8 Å². The first-order valence-electron chi connectivity index (χ1n) is 6.18. The summed E-state index contributed by atoms with van der Waals surface area (Å²) in [6.45, 7) is 0.463. The molecule has 108 valence electrons. The predicted molar refractivity (Wildman–Crippen MR) is 75.8 cm³/mol. The number of fused-ring (bicyclic) bond motifs is 1. The molecule has 6 nitrogen and oxygen atoms in total. The average Bonchev–Trinajstić information content (AvgIpc) is 2.94. The lowest BCUT2D eigenvalue weighted by Gasteiger charge is -2.06.